The Morgan fingerprint density at radius 1 is 1.18 bits per heavy atom. The largest absolute Gasteiger partial charge is 0.485 e. The molecule has 3 aromatic heterocycles. The molecule has 0 fully saturated rings. The monoisotopic (exact) mass is 489 g/mol. The van der Waals surface area contributed by atoms with Crippen LogP contribution in [0.4, 0.5) is 13.2 Å². The van der Waals surface area contributed by atoms with E-state index in [1.807, 2.05) is 30.3 Å². The maximum Gasteiger partial charge on any atom is 0.449 e. The van der Waals surface area contributed by atoms with E-state index in [0.717, 1.165) is 29.0 Å². The molecule has 1 N–H and O–H groups in total. The van der Waals surface area contributed by atoms with Crippen molar-refractivity contribution in [2.45, 2.75) is 26.3 Å². The van der Waals surface area contributed by atoms with E-state index in [9.17, 15) is 22.8 Å². The number of halogens is 3. The number of rotatable bonds is 7. The lowest BCUT2D eigenvalue weighted by molar-refractivity contribution is -0.153. The third kappa shape index (κ3) is 5.37. The van der Waals surface area contributed by atoms with Crippen LogP contribution in [0, 0.1) is 6.92 Å². The Bertz CT molecular complexity index is 1360. The van der Waals surface area contributed by atoms with Crippen LogP contribution in [0.3, 0.4) is 0 Å². The minimum Gasteiger partial charge on any atom is -0.485 e. The zero-order valence-corrected chi connectivity index (χ0v) is 18.6. The molecular weight excluding hydrogens is 471 g/mol. The lowest BCUT2D eigenvalue weighted by atomic mass is 10.2. The van der Waals surface area contributed by atoms with Crippen LogP contribution in [0.25, 0.3) is 5.13 Å². The van der Waals surface area contributed by atoms with E-state index < -0.39 is 17.5 Å². The van der Waals surface area contributed by atoms with Crippen LogP contribution >= 0.6 is 11.3 Å². The van der Waals surface area contributed by atoms with Gasteiger partial charge in [0.1, 0.15) is 23.0 Å². The van der Waals surface area contributed by atoms with Crippen molar-refractivity contribution < 1.29 is 27.1 Å². The molecule has 0 radical (unpaired) electrons. The minimum atomic E-state index is -4.58. The first-order chi connectivity index (χ1) is 16.2. The third-order valence-electron chi connectivity index (χ3n) is 4.71. The Morgan fingerprint density at radius 3 is 2.62 bits per heavy atom. The van der Waals surface area contributed by atoms with Crippen LogP contribution in [-0.4, -0.2) is 15.5 Å². The van der Waals surface area contributed by atoms with E-state index in [1.165, 1.54) is 22.9 Å². The summed E-state index contributed by atoms with van der Waals surface area (Å²) in [6.07, 6.45) is -3.16. The van der Waals surface area contributed by atoms with Gasteiger partial charge in [-0.25, -0.2) is 4.98 Å². The molecule has 1 aromatic carbocycles. The maximum atomic E-state index is 12.6. The van der Waals surface area contributed by atoms with Crippen molar-refractivity contribution in [1.82, 2.24) is 14.9 Å². The molecular formula is C23H18F3N3O4S. The van der Waals surface area contributed by atoms with Gasteiger partial charge in [-0.1, -0.05) is 41.7 Å². The average Bonchev–Trinajstić information content (AvgIpc) is 3.44. The molecule has 0 aliphatic rings. The minimum absolute atomic E-state index is 0.0294. The fourth-order valence-corrected chi connectivity index (χ4v) is 4.00. The van der Waals surface area contributed by atoms with Crippen LogP contribution in [0.2, 0.25) is 0 Å². The number of alkyl halides is 3. The number of carbonyl (C=O) groups excluding carboxylic acids is 1. The highest BCUT2D eigenvalue weighted by Gasteiger charge is 2.34. The summed E-state index contributed by atoms with van der Waals surface area (Å²) < 4.78 is 49.2. The van der Waals surface area contributed by atoms with Gasteiger partial charge < -0.3 is 14.5 Å². The third-order valence-corrected chi connectivity index (χ3v) is 5.86. The second kappa shape index (κ2) is 9.56. The summed E-state index contributed by atoms with van der Waals surface area (Å²) in [6, 6.07) is 14.1. The van der Waals surface area contributed by atoms with Crippen molar-refractivity contribution in [3.63, 3.8) is 0 Å². The van der Waals surface area contributed by atoms with Gasteiger partial charge in [0.15, 0.2) is 5.13 Å². The summed E-state index contributed by atoms with van der Waals surface area (Å²) in [6.45, 7) is 1.76. The summed E-state index contributed by atoms with van der Waals surface area (Å²) in [5.74, 6) is -1.29. The van der Waals surface area contributed by atoms with Gasteiger partial charge in [-0.05, 0) is 30.7 Å². The van der Waals surface area contributed by atoms with Gasteiger partial charge in [0.05, 0.1) is 5.69 Å². The summed E-state index contributed by atoms with van der Waals surface area (Å²) in [5.41, 5.74) is 0.961. The van der Waals surface area contributed by atoms with Crippen molar-refractivity contribution in [2.75, 3.05) is 0 Å². The second-order valence-electron chi connectivity index (χ2n) is 7.20. The average molecular weight is 489 g/mol. The van der Waals surface area contributed by atoms with Crippen LogP contribution in [-0.2, 0) is 19.3 Å². The Labute approximate surface area is 195 Å². The van der Waals surface area contributed by atoms with E-state index in [4.69, 9.17) is 9.15 Å². The molecule has 0 aliphatic carbocycles. The predicted molar refractivity (Wildman–Crippen MR) is 118 cm³/mol. The van der Waals surface area contributed by atoms with Gasteiger partial charge in [0.25, 0.3) is 11.5 Å². The number of carbonyl (C=O) groups is 1. The Balaban J connectivity index is 1.43. The number of thiazole rings is 1. The number of nitrogens with one attached hydrogen (secondary N) is 1. The van der Waals surface area contributed by atoms with Crippen LogP contribution < -0.4 is 15.6 Å². The number of pyridine rings is 1. The zero-order valence-electron chi connectivity index (χ0n) is 17.8. The molecule has 0 bridgehead atoms. The molecule has 3 heterocycles. The number of hydrogen-bond donors (Lipinski definition) is 1. The summed E-state index contributed by atoms with van der Waals surface area (Å²) in [4.78, 5) is 29.9. The second-order valence-corrected chi connectivity index (χ2v) is 8.18. The molecule has 11 heteroatoms. The molecule has 0 saturated carbocycles. The van der Waals surface area contributed by atoms with Crippen LogP contribution in [0.15, 0.2) is 70.0 Å². The van der Waals surface area contributed by atoms with Gasteiger partial charge in [-0.15, -0.1) is 0 Å². The summed E-state index contributed by atoms with van der Waals surface area (Å²) >= 11 is 1.07. The lowest BCUT2D eigenvalue weighted by Gasteiger charge is -2.06. The summed E-state index contributed by atoms with van der Waals surface area (Å²) in [5, 5.41) is 3.14. The smallest absolute Gasteiger partial charge is 0.449 e. The topological polar surface area (TPSA) is 86.4 Å². The first kappa shape index (κ1) is 23.3. The van der Waals surface area contributed by atoms with Crippen molar-refractivity contribution in [3.05, 3.63) is 98.8 Å². The first-order valence-electron chi connectivity index (χ1n) is 10.0. The van der Waals surface area contributed by atoms with E-state index in [1.54, 1.807) is 6.92 Å². The summed E-state index contributed by atoms with van der Waals surface area (Å²) in [7, 11) is 0. The van der Waals surface area contributed by atoms with E-state index >= 15 is 0 Å². The number of nitrogens with zero attached hydrogens (tertiary/aromatic N) is 2. The van der Waals surface area contributed by atoms with E-state index in [0.29, 0.717) is 22.2 Å². The predicted octanol–water partition coefficient (Wildman–Crippen LogP) is 4.72. The highest BCUT2D eigenvalue weighted by atomic mass is 32.1. The molecule has 34 heavy (non-hydrogen) atoms. The molecule has 0 spiro atoms. The van der Waals surface area contributed by atoms with E-state index in [-0.39, 0.29) is 24.0 Å². The molecule has 1 amide bonds. The highest BCUT2D eigenvalue weighted by molar-refractivity contribution is 7.16. The number of furan rings is 1. The normalized spacial score (nSPS) is 11.4. The van der Waals surface area contributed by atoms with Gasteiger partial charge in [0.2, 0.25) is 5.76 Å². The first-order valence-corrected chi connectivity index (χ1v) is 10.8. The van der Waals surface area contributed by atoms with Crippen molar-refractivity contribution >= 4 is 17.2 Å². The molecule has 7 nitrogen and oxygen atoms in total. The van der Waals surface area contributed by atoms with Crippen molar-refractivity contribution in [1.29, 1.82) is 0 Å². The van der Waals surface area contributed by atoms with Crippen molar-refractivity contribution in [3.8, 4) is 10.9 Å². The lowest BCUT2D eigenvalue weighted by Crippen LogP contribution is -2.22. The van der Waals surface area contributed by atoms with Gasteiger partial charge in [0, 0.05) is 18.8 Å². The highest BCUT2D eigenvalue weighted by Crippen LogP contribution is 2.30. The van der Waals surface area contributed by atoms with Crippen LogP contribution in [0.1, 0.15) is 32.4 Å². The molecule has 4 aromatic rings. The number of aromatic nitrogens is 2. The van der Waals surface area contributed by atoms with Crippen LogP contribution in [0.5, 0.6) is 5.75 Å². The Kier molecular flexibility index (Phi) is 6.55. The standard InChI is InChI=1S/C23H18F3N3O4S/c1-14-20(21(31)27-12-15-5-3-2-4-6-15)34-22(28-14)29-10-9-16(11-19(29)30)32-13-17-7-8-18(33-17)23(24,25)26/h2-11H,12-13H2,1H3,(H,27,31). The Hall–Kier alpha value is -3.86. The molecule has 0 unspecified atom stereocenters. The number of hydrogen-bond acceptors (Lipinski definition) is 6. The number of ether oxygens (including phenoxy) is 1. The number of aryl methyl sites for hydroxylation is 1. The van der Waals surface area contributed by atoms with E-state index in [2.05, 4.69) is 10.3 Å². The molecule has 0 atom stereocenters. The van der Waals surface area contributed by atoms with Gasteiger partial charge in [-0.3, -0.25) is 14.2 Å². The Morgan fingerprint density at radius 2 is 1.94 bits per heavy atom. The molecule has 0 saturated heterocycles. The fourth-order valence-electron chi connectivity index (χ4n) is 3.03. The SMILES string of the molecule is Cc1nc(-n2ccc(OCc3ccc(C(F)(F)F)o3)cc2=O)sc1C(=O)NCc1ccccc1. The van der Waals surface area contributed by atoms with Crippen molar-refractivity contribution in [2.24, 2.45) is 0 Å². The van der Waals surface area contributed by atoms with Gasteiger partial charge in [-0.2, -0.15) is 13.2 Å². The van der Waals surface area contributed by atoms with Gasteiger partial charge >= 0.3 is 6.18 Å². The number of benzene rings is 1. The fraction of sp³-hybridized carbons (Fsp3) is 0.174. The number of amides is 1. The maximum absolute atomic E-state index is 12.6. The molecule has 176 valence electrons. The quantitative estimate of drug-likeness (QED) is 0.406. The zero-order chi connectivity index (χ0) is 24.3. The molecule has 0 aliphatic heterocycles. The molecule has 4 rings (SSSR count).